The molecule has 5 rings (SSSR count). The van der Waals surface area contributed by atoms with Gasteiger partial charge in [-0.05, 0) is 11.6 Å². The highest BCUT2D eigenvalue weighted by atomic mass is 16.6. The Labute approximate surface area is 161 Å². The van der Waals surface area contributed by atoms with E-state index < -0.39 is 6.23 Å². The van der Waals surface area contributed by atoms with Crippen LogP contribution in [0.4, 0.5) is 5.69 Å². The zero-order valence-electron chi connectivity index (χ0n) is 14.9. The number of benzene rings is 3. The molecule has 0 amide bonds. The van der Waals surface area contributed by atoms with Gasteiger partial charge in [-0.2, -0.15) is 5.10 Å². The third-order valence-electron chi connectivity index (χ3n) is 5.17. The maximum absolute atomic E-state index is 11.2. The Bertz CT molecular complexity index is 1080. The molecule has 0 fully saturated rings. The van der Waals surface area contributed by atoms with Crippen LogP contribution in [0.2, 0.25) is 0 Å². The number of nitrogens with zero attached hydrogens (tertiary/aromatic N) is 3. The molecule has 2 aliphatic heterocycles. The molecule has 0 aromatic heterocycles. The average Bonchev–Trinajstić information content (AvgIpc) is 3.20. The van der Waals surface area contributed by atoms with Crippen molar-refractivity contribution in [2.75, 3.05) is 0 Å². The van der Waals surface area contributed by atoms with E-state index in [1.165, 1.54) is 6.07 Å². The SMILES string of the molecule is O=[N+]([O-])c1cccc([C@H]2Oc3ccccc3[C@H]3CC(c4ccccc4)=NN32)c1. The van der Waals surface area contributed by atoms with Crippen LogP contribution in [0.25, 0.3) is 0 Å². The molecule has 0 aliphatic carbocycles. The molecule has 3 aromatic carbocycles. The Balaban J connectivity index is 1.60. The third-order valence-corrected chi connectivity index (χ3v) is 5.17. The lowest BCUT2D eigenvalue weighted by molar-refractivity contribution is -0.385. The minimum Gasteiger partial charge on any atom is -0.464 e. The second-order valence-electron chi connectivity index (χ2n) is 6.87. The molecule has 2 aliphatic rings. The molecule has 0 radical (unpaired) electrons. The first-order valence-electron chi connectivity index (χ1n) is 9.12. The molecule has 0 bridgehead atoms. The van der Waals surface area contributed by atoms with E-state index >= 15 is 0 Å². The molecule has 3 aromatic rings. The van der Waals surface area contributed by atoms with Gasteiger partial charge in [0, 0.05) is 29.7 Å². The van der Waals surface area contributed by atoms with Gasteiger partial charge < -0.3 is 4.74 Å². The van der Waals surface area contributed by atoms with E-state index in [1.807, 2.05) is 59.6 Å². The van der Waals surface area contributed by atoms with Gasteiger partial charge in [0.05, 0.1) is 16.7 Å². The van der Waals surface area contributed by atoms with Crippen molar-refractivity contribution >= 4 is 11.4 Å². The van der Waals surface area contributed by atoms with E-state index in [2.05, 4.69) is 6.07 Å². The van der Waals surface area contributed by atoms with Gasteiger partial charge in [0.15, 0.2) is 0 Å². The summed E-state index contributed by atoms with van der Waals surface area (Å²) < 4.78 is 6.25. The summed E-state index contributed by atoms with van der Waals surface area (Å²) in [6.07, 6.45) is 0.247. The molecule has 28 heavy (non-hydrogen) atoms. The summed E-state index contributed by atoms with van der Waals surface area (Å²) >= 11 is 0. The van der Waals surface area contributed by atoms with Crippen LogP contribution in [0.1, 0.15) is 35.4 Å². The van der Waals surface area contributed by atoms with E-state index in [4.69, 9.17) is 9.84 Å². The summed E-state index contributed by atoms with van der Waals surface area (Å²) in [5.74, 6) is 0.796. The molecule has 0 unspecified atom stereocenters. The lowest BCUT2D eigenvalue weighted by Crippen LogP contribution is -2.33. The molecule has 138 valence electrons. The van der Waals surface area contributed by atoms with Crippen LogP contribution in [-0.2, 0) is 0 Å². The second kappa shape index (κ2) is 6.49. The Morgan fingerprint density at radius 3 is 2.61 bits per heavy atom. The third kappa shape index (κ3) is 2.70. The lowest BCUT2D eigenvalue weighted by atomic mass is 9.96. The van der Waals surface area contributed by atoms with Gasteiger partial charge in [0.1, 0.15) is 5.75 Å². The highest BCUT2D eigenvalue weighted by Crippen LogP contribution is 2.47. The molecule has 2 heterocycles. The number of non-ortho nitro benzene ring substituents is 1. The normalized spacial score (nSPS) is 20.0. The van der Waals surface area contributed by atoms with Crippen molar-refractivity contribution in [3.8, 4) is 5.75 Å². The number of hydrogen-bond acceptors (Lipinski definition) is 5. The fraction of sp³-hybridized carbons (Fsp3) is 0.136. The largest absolute Gasteiger partial charge is 0.464 e. The zero-order valence-corrected chi connectivity index (χ0v) is 14.9. The van der Waals surface area contributed by atoms with E-state index in [0.717, 1.165) is 29.0 Å². The van der Waals surface area contributed by atoms with Crippen molar-refractivity contribution in [3.63, 3.8) is 0 Å². The van der Waals surface area contributed by atoms with Crippen molar-refractivity contribution in [2.45, 2.75) is 18.7 Å². The fourth-order valence-electron chi connectivity index (χ4n) is 3.85. The fourth-order valence-corrected chi connectivity index (χ4v) is 3.85. The van der Waals surface area contributed by atoms with Gasteiger partial charge in [-0.15, -0.1) is 0 Å². The van der Waals surface area contributed by atoms with Gasteiger partial charge in [-0.3, -0.25) is 10.1 Å². The van der Waals surface area contributed by atoms with Gasteiger partial charge in [0.25, 0.3) is 5.69 Å². The number of nitro benzene ring substituents is 1. The van der Waals surface area contributed by atoms with Gasteiger partial charge in [-0.1, -0.05) is 60.7 Å². The molecule has 6 nitrogen and oxygen atoms in total. The summed E-state index contributed by atoms with van der Waals surface area (Å²) in [6.45, 7) is 0. The van der Waals surface area contributed by atoms with Crippen LogP contribution >= 0.6 is 0 Å². The van der Waals surface area contributed by atoms with Gasteiger partial charge in [0.2, 0.25) is 6.23 Å². The minimum atomic E-state index is -0.513. The Hall–Kier alpha value is -3.67. The average molecular weight is 371 g/mol. The highest BCUT2D eigenvalue weighted by Gasteiger charge is 2.41. The summed E-state index contributed by atoms with van der Waals surface area (Å²) in [5, 5.41) is 18.0. The maximum atomic E-state index is 11.2. The maximum Gasteiger partial charge on any atom is 0.269 e. The molecule has 0 saturated carbocycles. The summed E-state index contributed by atoms with van der Waals surface area (Å²) in [6, 6.07) is 24.6. The Kier molecular flexibility index (Phi) is 3.83. The first-order chi connectivity index (χ1) is 13.7. The molecule has 0 N–H and O–H groups in total. The Morgan fingerprint density at radius 2 is 1.79 bits per heavy atom. The monoisotopic (exact) mass is 371 g/mol. The number of fused-ring (bicyclic) bond motifs is 3. The predicted molar refractivity (Wildman–Crippen MR) is 105 cm³/mol. The van der Waals surface area contributed by atoms with E-state index in [-0.39, 0.29) is 16.7 Å². The molecule has 6 heteroatoms. The van der Waals surface area contributed by atoms with Crippen LogP contribution in [0, 0.1) is 10.1 Å². The second-order valence-corrected chi connectivity index (χ2v) is 6.87. The summed E-state index contributed by atoms with van der Waals surface area (Å²) in [7, 11) is 0. The summed E-state index contributed by atoms with van der Waals surface area (Å²) in [5.41, 5.74) is 3.90. The Morgan fingerprint density at radius 1 is 1.00 bits per heavy atom. The first kappa shape index (κ1) is 16.5. The van der Waals surface area contributed by atoms with Crippen LogP contribution in [0.5, 0.6) is 5.75 Å². The van der Waals surface area contributed by atoms with Crippen molar-refractivity contribution in [1.29, 1.82) is 0 Å². The van der Waals surface area contributed by atoms with Crippen LogP contribution < -0.4 is 4.74 Å². The molecule has 0 saturated heterocycles. The van der Waals surface area contributed by atoms with E-state index in [9.17, 15) is 10.1 Å². The number of para-hydroxylation sites is 1. The van der Waals surface area contributed by atoms with Crippen molar-refractivity contribution in [1.82, 2.24) is 5.01 Å². The predicted octanol–water partition coefficient (Wildman–Crippen LogP) is 4.84. The molecule has 2 atom stereocenters. The van der Waals surface area contributed by atoms with Crippen molar-refractivity contribution in [3.05, 3.63) is 106 Å². The smallest absolute Gasteiger partial charge is 0.269 e. The van der Waals surface area contributed by atoms with Crippen molar-refractivity contribution in [2.24, 2.45) is 5.10 Å². The van der Waals surface area contributed by atoms with E-state index in [1.54, 1.807) is 12.1 Å². The summed E-state index contributed by atoms with van der Waals surface area (Å²) in [4.78, 5) is 10.8. The number of rotatable bonds is 3. The number of hydrazone groups is 1. The van der Waals surface area contributed by atoms with Crippen LogP contribution in [-0.4, -0.2) is 15.6 Å². The zero-order chi connectivity index (χ0) is 19.1. The van der Waals surface area contributed by atoms with Crippen LogP contribution in [0.3, 0.4) is 0 Å². The van der Waals surface area contributed by atoms with Gasteiger partial charge >= 0.3 is 0 Å². The molecule has 0 spiro atoms. The number of hydrogen-bond donors (Lipinski definition) is 0. The van der Waals surface area contributed by atoms with E-state index in [0.29, 0.717) is 5.56 Å². The number of ether oxygens (including phenoxy) is 1. The standard InChI is InChI=1S/C22H17N3O3/c26-25(27)17-10-6-9-16(13-17)22-24-20(18-11-4-5-12-21(18)28-22)14-19(23-24)15-7-2-1-3-8-15/h1-13,20,22H,14H2/t20-,22-/m1/s1. The van der Waals surface area contributed by atoms with Crippen molar-refractivity contribution < 1.29 is 9.66 Å². The molecular formula is C22H17N3O3. The quantitative estimate of drug-likeness (QED) is 0.488. The lowest BCUT2D eigenvalue weighted by Gasteiger charge is -2.38. The van der Waals surface area contributed by atoms with Gasteiger partial charge in [-0.25, -0.2) is 5.01 Å². The number of nitro groups is 1. The molecular weight excluding hydrogens is 354 g/mol. The topological polar surface area (TPSA) is 68.0 Å². The first-order valence-corrected chi connectivity index (χ1v) is 9.12. The van der Waals surface area contributed by atoms with Crippen LogP contribution in [0.15, 0.2) is 84.0 Å². The minimum absolute atomic E-state index is 0.0319. The highest BCUT2D eigenvalue weighted by molar-refractivity contribution is 6.01.